The maximum atomic E-state index is 12.6. The Hall–Kier alpha value is -2.80. The van der Waals surface area contributed by atoms with Crippen molar-refractivity contribution >= 4 is 11.7 Å². The standard InChI is InChI=1S/C26H32N2O5/c1-16(2)20-10-17-11-22(27-7-4-26(15-27)5-8-33-9-6-26)24(32-3)12-18(17)21-13-23(29)19(25(30)31)14-28(20)21/h11-14,16,20H,4-10,15H2,1-3H3,(H,30,31)/t20-/m0/s1. The van der Waals surface area contributed by atoms with E-state index in [-0.39, 0.29) is 17.5 Å². The van der Waals surface area contributed by atoms with Crippen LogP contribution in [-0.4, -0.2) is 49.1 Å². The minimum absolute atomic E-state index is 0.0767. The number of ether oxygens (including phenoxy) is 2. The number of fused-ring (bicyclic) bond motifs is 3. The minimum Gasteiger partial charge on any atom is -0.495 e. The van der Waals surface area contributed by atoms with Crippen LogP contribution in [0.1, 0.15) is 55.1 Å². The third-order valence-corrected chi connectivity index (χ3v) is 7.88. The Morgan fingerprint density at radius 3 is 2.64 bits per heavy atom. The van der Waals surface area contributed by atoms with Crippen molar-refractivity contribution in [3.63, 3.8) is 0 Å². The molecule has 2 aromatic rings. The lowest BCUT2D eigenvalue weighted by atomic mass is 9.80. The molecule has 0 aliphatic carbocycles. The number of aromatic carboxylic acids is 1. The van der Waals surface area contributed by atoms with Gasteiger partial charge in [-0.1, -0.05) is 13.8 Å². The molecule has 7 nitrogen and oxygen atoms in total. The molecule has 5 rings (SSSR count). The van der Waals surface area contributed by atoms with Crippen molar-refractivity contribution in [1.29, 1.82) is 0 Å². The lowest BCUT2D eigenvalue weighted by molar-refractivity contribution is 0.0254. The van der Waals surface area contributed by atoms with E-state index in [9.17, 15) is 14.7 Å². The van der Waals surface area contributed by atoms with Gasteiger partial charge in [-0.2, -0.15) is 0 Å². The zero-order chi connectivity index (χ0) is 23.3. The van der Waals surface area contributed by atoms with E-state index >= 15 is 0 Å². The molecular formula is C26H32N2O5. The number of benzene rings is 1. The van der Waals surface area contributed by atoms with Gasteiger partial charge >= 0.3 is 5.97 Å². The topological polar surface area (TPSA) is 81.0 Å². The monoisotopic (exact) mass is 452 g/mol. The molecule has 4 heterocycles. The molecule has 3 aliphatic rings. The summed E-state index contributed by atoms with van der Waals surface area (Å²) in [6, 6.07) is 5.82. The van der Waals surface area contributed by atoms with E-state index < -0.39 is 11.4 Å². The van der Waals surface area contributed by atoms with Gasteiger partial charge in [-0.3, -0.25) is 4.79 Å². The molecule has 0 saturated carbocycles. The molecule has 1 spiro atoms. The lowest BCUT2D eigenvalue weighted by Gasteiger charge is -2.35. The van der Waals surface area contributed by atoms with Crippen LogP contribution in [0.2, 0.25) is 0 Å². The summed E-state index contributed by atoms with van der Waals surface area (Å²) in [4.78, 5) is 26.6. The molecule has 33 heavy (non-hydrogen) atoms. The summed E-state index contributed by atoms with van der Waals surface area (Å²) in [6.07, 6.45) is 5.68. The highest BCUT2D eigenvalue weighted by atomic mass is 16.5. The van der Waals surface area contributed by atoms with E-state index in [1.165, 1.54) is 24.2 Å². The summed E-state index contributed by atoms with van der Waals surface area (Å²) in [7, 11) is 1.69. The largest absolute Gasteiger partial charge is 0.495 e. The van der Waals surface area contributed by atoms with Gasteiger partial charge in [-0.25, -0.2) is 4.79 Å². The lowest BCUT2D eigenvalue weighted by Crippen LogP contribution is -2.33. The Bertz CT molecular complexity index is 1150. The Morgan fingerprint density at radius 2 is 1.97 bits per heavy atom. The van der Waals surface area contributed by atoms with Crippen LogP contribution >= 0.6 is 0 Å². The van der Waals surface area contributed by atoms with Crippen LogP contribution in [0.25, 0.3) is 11.3 Å². The van der Waals surface area contributed by atoms with Crippen molar-refractivity contribution in [3.8, 4) is 17.0 Å². The molecule has 1 aromatic carbocycles. The van der Waals surface area contributed by atoms with Crippen LogP contribution in [0, 0.1) is 11.3 Å². The number of carboxylic acids is 1. The van der Waals surface area contributed by atoms with Gasteiger partial charge in [-0.15, -0.1) is 0 Å². The van der Waals surface area contributed by atoms with Gasteiger partial charge in [0.15, 0.2) is 5.43 Å². The number of aromatic nitrogens is 1. The summed E-state index contributed by atoms with van der Waals surface area (Å²) in [5, 5.41) is 9.49. The van der Waals surface area contributed by atoms with E-state index in [4.69, 9.17) is 9.47 Å². The fraction of sp³-hybridized carbons (Fsp3) is 0.538. The van der Waals surface area contributed by atoms with Gasteiger partial charge in [0, 0.05) is 50.2 Å². The second-order valence-corrected chi connectivity index (χ2v) is 10.1. The van der Waals surface area contributed by atoms with Crippen molar-refractivity contribution in [2.45, 2.75) is 45.6 Å². The van der Waals surface area contributed by atoms with Gasteiger partial charge in [-0.05, 0) is 54.7 Å². The second-order valence-electron chi connectivity index (χ2n) is 10.1. The second kappa shape index (κ2) is 8.20. The minimum atomic E-state index is -1.19. The van der Waals surface area contributed by atoms with Gasteiger partial charge in [0.25, 0.3) is 0 Å². The van der Waals surface area contributed by atoms with Crippen molar-refractivity contribution in [2.24, 2.45) is 11.3 Å². The van der Waals surface area contributed by atoms with Gasteiger partial charge in [0.1, 0.15) is 11.3 Å². The molecular weight excluding hydrogens is 420 g/mol. The van der Waals surface area contributed by atoms with Gasteiger partial charge < -0.3 is 24.0 Å². The summed E-state index contributed by atoms with van der Waals surface area (Å²) in [6.45, 7) is 7.97. The smallest absolute Gasteiger partial charge is 0.341 e. The van der Waals surface area contributed by atoms with Crippen molar-refractivity contribution in [2.75, 3.05) is 38.3 Å². The van der Waals surface area contributed by atoms with Crippen LogP contribution in [-0.2, 0) is 11.2 Å². The highest BCUT2D eigenvalue weighted by molar-refractivity contribution is 5.88. The molecule has 1 atom stereocenters. The molecule has 2 fully saturated rings. The number of nitrogens with zero attached hydrogens (tertiary/aromatic N) is 2. The molecule has 1 aromatic heterocycles. The van der Waals surface area contributed by atoms with Crippen LogP contribution in [0.5, 0.6) is 5.75 Å². The Morgan fingerprint density at radius 1 is 1.21 bits per heavy atom. The predicted octanol–water partition coefficient (Wildman–Crippen LogP) is 3.98. The quantitative estimate of drug-likeness (QED) is 0.756. The van der Waals surface area contributed by atoms with E-state index in [1.54, 1.807) is 7.11 Å². The Labute approximate surface area is 193 Å². The average Bonchev–Trinajstić information content (AvgIpc) is 3.20. The zero-order valence-corrected chi connectivity index (χ0v) is 19.6. The van der Waals surface area contributed by atoms with E-state index in [2.05, 4.69) is 24.8 Å². The normalized spacial score (nSPS) is 21.2. The molecule has 176 valence electrons. The van der Waals surface area contributed by atoms with Crippen LogP contribution in [0.15, 0.2) is 29.2 Å². The fourth-order valence-corrected chi connectivity index (χ4v) is 5.86. The Kier molecular flexibility index (Phi) is 5.47. The van der Waals surface area contributed by atoms with Crippen molar-refractivity contribution < 1.29 is 19.4 Å². The number of methoxy groups -OCH3 is 1. The number of carbonyl (C=O) groups is 1. The van der Waals surface area contributed by atoms with Crippen LogP contribution in [0.3, 0.4) is 0 Å². The van der Waals surface area contributed by atoms with Crippen LogP contribution < -0.4 is 15.1 Å². The highest BCUT2D eigenvalue weighted by Gasteiger charge is 2.40. The Balaban J connectivity index is 1.59. The van der Waals surface area contributed by atoms with Crippen molar-refractivity contribution in [1.82, 2.24) is 4.57 Å². The first-order valence-corrected chi connectivity index (χ1v) is 11.9. The SMILES string of the molecule is COc1cc2c(cc1N1CCC3(CCOCC3)C1)C[C@@H](C(C)C)n1cc(C(=O)O)c(=O)cc1-2. The number of carboxylic acid groups (broad SMARTS) is 1. The molecule has 0 unspecified atom stereocenters. The van der Waals surface area contributed by atoms with Gasteiger partial charge in [0.2, 0.25) is 0 Å². The maximum absolute atomic E-state index is 12.6. The molecule has 1 N–H and O–H groups in total. The fourth-order valence-electron chi connectivity index (χ4n) is 5.86. The molecule has 3 aliphatic heterocycles. The van der Waals surface area contributed by atoms with E-state index in [0.717, 1.165) is 68.3 Å². The number of pyridine rings is 1. The number of hydrogen-bond acceptors (Lipinski definition) is 5. The first kappa shape index (κ1) is 22.0. The molecule has 0 radical (unpaired) electrons. The molecule has 2 saturated heterocycles. The third kappa shape index (κ3) is 3.72. The maximum Gasteiger partial charge on any atom is 0.341 e. The number of rotatable bonds is 4. The van der Waals surface area contributed by atoms with E-state index in [0.29, 0.717) is 5.41 Å². The van der Waals surface area contributed by atoms with Gasteiger partial charge in [0.05, 0.1) is 18.5 Å². The van der Waals surface area contributed by atoms with E-state index in [1.807, 2.05) is 10.6 Å². The highest BCUT2D eigenvalue weighted by Crippen LogP contribution is 2.47. The first-order valence-electron chi connectivity index (χ1n) is 11.9. The summed E-state index contributed by atoms with van der Waals surface area (Å²) in [5.41, 5.74) is 3.68. The van der Waals surface area contributed by atoms with Crippen molar-refractivity contribution in [3.05, 3.63) is 45.7 Å². The third-order valence-electron chi connectivity index (χ3n) is 7.88. The average molecular weight is 453 g/mol. The summed E-state index contributed by atoms with van der Waals surface area (Å²) < 4.78 is 13.4. The number of anilines is 1. The predicted molar refractivity (Wildman–Crippen MR) is 127 cm³/mol. The molecule has 7 heteroatoms. The summed E-state index contributed by atoms with van der Waals surface area (Å²) in [5.74, 6) is -0.112. The summed E-state index contributed by atoms with van der Waals surface area (Å²) >= 11 is 0. The number of hydrogen-bond donors (Lipinski definition) is 1. The first-order chi connectivity index (χ1) is 15.8. The zero-order valence-electron chi connectivity index (χ0n) is 19.6. The molecule has 0 amide bonds. The van der Waals surface area contributed by atoms with Crippen LogP contribution in [0.4, 0.5) is 5.69 Å². The molecule has 0 bridgehead atoms.